The molecule has 2 heterocycles. The lowest BCUT2D eigenvalue weighted by Gasteiger charge is -2.13. The lowest BCUT2D eigenvalue weighted by atomic mass is 10.2. The number of hydrogen-bond acceptors (Lipinski definition) is 3. The largest absolute Gasteiger partial charge is 0.397 e. The number of imidazole rings is 1. The summed E-state index contributed by atoms with van der Waals surface area (Å²) in [4.78, 5) is 8.96. The molecule has 84 valence electrons. The molecule has 2 N–H and O–H groups in total. The predicted octanol–water partition coefficient (Wildman–Crippen LogP) is 2.44. The van der Waals surface area contributed by atoms with Crippen LogP contribution in [0.2, 0.25) is 0 Å². The Hall–Kier alpha value is -1.58. The average Bonchev–Trinajstić information content (AvgIpc) is 2.83. The fourth-order valence-electron chi connectivity index (χ4n) is 2.71. The van der Waals surface area contributed by atoms with Gasteiger partial charge in [-0.1, -0.05) is 12.8 Å². The Labute approximate surface area is 94.5 Å². The number of hydrogen-bond donors (Lipinski definition) is 1. The van der Waals surface area contributed by atoms with Crippen LogP contribution < -0.4 is 5.73 Å². The Morgan fingerprint density at radius 1 is 1.38 bits per heavy atom. The maximum atomic E-state index is 5.72. The molecule has 0 saturated heterocycles. The Morgan fingerprint density at radius 2 is 2.12 bits per heavy atom. The van der Waals surface area contributed by atoms with Crippen molar-refractivity contribution in [2.75, 3.05) is 5.73 Å². The van der Waals surface area contributed by atoms with E-state index in [1.165, 1.54) is 25.7 Å². The Morgan fingerprint density at radius 3 is 2.88 bits per heavy atom. The van der Waals surface area contributed by atoms with Crippen LogP contribution in [0.25, 0.3) is 11.2 Å². The van der Waals surface area contributed by atoms with E-state index < -0.39 is 0 Å². The van der Waals surface area contributed by atoms with Gasteiger partial charge in [-0.25, -0.2) is 9.97 Å². The molecule has 0 radical (unpaired) electrons. The lowest BCUT2D eigenvalue weighted by molar-refractivity contribution is 0.517. The summed E-state index contributed by atoms with van der Waals surface area (Å²) in [5.41, 5.74) is 8.31. The number of aromatic nitrogens is 3. The number of nitrogens with two attached hydrogens (primary N) is 1. The molecule has 2 aromatic rings. The molecule has 1 aliphatic rings. The molecule has 1 fully saturated rings. The predicted molar refractivity (Wildman–Crippen MR) is 64.2 cm³/mol. The lowest BCUT2D eigenvalue weighted by Crippen LogP contribution is -2.07. The van der Waals surface area contributed by atoms with Crippen LogP contribution >= 0.6 is 0 Å². The number of nitrogens with zero attached hydrogens (tertiary/aromatic N) is 3. The van der Waals surface area contributed by atoms with Crippen molar-refractivity contribution in [3.05, 3.63) is 18.1 Å². The van der Waals surface area contributed by atoms with Gasteiger partial charge in [0.25, 0.3) is 0 Å². The van der Waals surface area contributed by atoms with Gasteiger partial charge in [-0.15, -0.1) is 0 Å². The fraction of sp³-hybridized carbons (Fsp3) is 0.500. The van der Waals surface area contributed by atoms with Crippen molar-refractivity contribution in [2.45, 2.75) is 38.6 Å². The van der Waals surface area contributed by atoms with E-state index in [1.807, 2.05) is 6.07 Å². The van der Waals surface area contributed by atoms with Crippen molar-refractivity contribution in [1.29, 1.82) is 0 Å². The molecular weight excluding hydrogens is 200 g/mol. The third kappa shape index (κ3) is 1.37. The number of nitrogen functional groups attached to an aromatic ring is 1. The average molecular weight is 216 g/mol. The summed E-state index contributed by atoms with van der Waals surface area (Å²) in [5, 5.41) is 0. The summed E-state index contributed by atoms with van der Waals surface area (Å²) in [6, 6.07) is 2.49. The number of rotatable bonds is 1. The molecule has 4 heteroatoms. The number of aryl methyl sites for hydroxylation is 1. The zero-order valence-electron chi connectivity index (χ0n) is 9.48. The van der Waals surface area contributed by atoms with Crippen LogP contribution in [0.4, 0.5) is 5.69 Å². The first kappa shape index (κ1) is 9.63. The van der Waals surface area contributed by atoms with Crippen LogP contribution in [0, 0.1) is 6.92 Å². The molecule has 16 heavy (non-hydrogen) atoms. The highest BCUT2D eigenvalue weighted by Gasteiger charge is 2.21. The highest BCUT2D eigenvalue weighted by molar-refractivity contribution is 5.75. The quantitative estimate of drug-likeness (QED) is 0.796. The van der Waals surface area contributed by atoms with E-state index in [0.717, 1.165) is 17.0 Å². The number of anilines is 1. The summed E-state index contributed by atoms with van der Waals surface area (Å²) >= 11 is 0. The van der Waals surface area contributed by atoms with Crippen LogP contribution in [-0.2, 0) is 0 Å². The van der Waals surface area contributed by atoms with Crippen molar-refractivity contribution in [3.63, 3.8) is 0 Å². The van der Waals surface area contributed by atoms with Crippen molar-refractivity contribution >= 4 is 16.9 Å². The summed E-state index contributed by atoms with van der Waals surface area (Å²) in [5.74, 6) is 1.06. The van der Waals surface area contributed by atoms with Crippen LogP contribution in [0.1, 0.15) is 37.5 Å². The standard InChI is InChI=1S/C12H16N4/c1-8-15-11-6-9(13)7-14-12(11)16(8)10-4-2-3-5-10/h6-7,10H,2-5,13H2,1H3. The summed E-state index contributed by atoms with van der Waals surface area (Å²) < 4.78 is 2.28. The molecule has 0 atom stereocenters. The maximum absolute atomic E-state index is 5.72. The highest BCUT2D eigenvalue weighted by Crippen LogP contribution is 2.33. The second-order valence-electron chi connectivity index (χ2n) is 4.58. The zero-order valence-corrected chi connectivity index (χ0v) is 9.48. The summed E-state index contributed by atoms with van der Waals surface area (Å²) in [6.07, 6.45) is 6.85. The molecule has 0 aliphatic heterocycles. The van der Waals surface area contributed by atoms with Gasteiger partial charge < -0.3 is 10.3 Å². The fourth-order valence-corrected chi connectivity index (χ4v) is 2.71. The normalized spacial score (nSPS) is 17.3. The smallest absolute Gasteiger partial charge is 0.160 e. The van der Waals surface area contributed by atoms with Crippen LogP contribution in [0.3, 0.4) is 0 Å². The van der Waals surface area contributed by atoms with E-state index in [2.05, 4.69) is 21.5 Å². The first-order valence-corrected chi connectivity index (χ1v) is 5.86. The third-order valence-electron chi connectivity index (χ3n) is 3.42. The van der Waals surface area contributed by atoms with Gasteiger partial charge in [0, 0.05) is 6.04 Å². The van der Waals surface area contributed by atoms with Gasteiger partial charge in [0.2, 0.25) is 0 Å². The van der Waals surface area contributed by atoms with E-state index in [-0.39, 0.29) is 0 Å². The molecular formula is C12H16N4. The molecule has 0 unspecified atom stereocenters. The van der Waals surface area contributed by atoms with Crippen LogP contribution in [0.5, 0.6) is 0 Å². The van der Waals surface area contributed by atoms with Gasteiger partial charge >= 0.3 is 0 Å². The van der Waals surface area contributed by atoms with Gasteiger partial charge in [-0.3, -0.25) is 0 Å². The van der Waals surface area contributed by atoms with Crippen molar-refractivity contribution < 1.29 is 0 Å². The van der Waals surface area contributed by atoms with Gasteiger partial charge in [-0.2, -0.15) is 0 Å². The third-order valence-corrected chi connectivity index (χ3v) is 3.42. The molecule has 0 aromatic carbocycles. The van der Waals surface area contributed by atoms with Crippen molar-refractivity contribution in [1.82, 2.24) is 14.5 Å². The highest BCUT2D eigenvalue weighted by atomic mass is 15.1. The number of pyridine rings is 1. The molecule has 1 saturated carbocycles. The Bertz CT molecular complexity index is 523. The van der Waals surface area contributed by atoms with Gasteiger partial charge in [0.15, 0.2) is 5.65 Å². The van der Waals surface area contributed by atoms with Gasteiger partial charge in [-0.05, 0) is 25.8 Å². The maximum Gasteiger partial charge on any atom is 0.160 e. The van der Waals surface area contributed by atoms with Gasteiger partial charge in [0.1, 0.15) is 11.3 Å². The van der Waals surface area contributed by atoms with E-state index in [9.17, 15) is 0 Å². The van der Waals surface area contributed by atoms with E-state index in [1.54, 1.807) is 6.20 Å². The molecule has 1 aliphatic carbocycles. The van der Waals surface area contributed by atoms with Crippen LogP contribution in [-0.4, -0.2) is 14.5 Å². The van der Waals surface area contributed by atoms with Gasteiger partial charge in [0.05, 0.1) is 11.9 Å². The zero-order chi connectivity index (χ0) is 11.1. The Balaban J connectivity index is 2.18. The minimum absolute atomic E-state index is 0.584. The van der Waals surface area contributed by atoms with Crippen LogP contribution in [0.15, 0.2) is 12.3 Å². The second kappa shape index (κ2) is 3.47. The van der Waals surface area contributed by atoms with E-state index in [0.29, 0.717) is 11.7 Å². The number of fused-ring (bicyclic) bond motifs is 1. The monoisotopic (exact) mass is 216 g/mol. The molecule has 0 spiro atoms. The van der Waals surface area contributed by atoms with E-state index >= 15 is 0 Å². The van der Waals surface area contributed by atoms with E-state index in [4.69, 9.17) is 5.73 Å². The first-order valence-electron chi connectivity index (χ1n) is 5.86. The Kier molecular flexibility index (Phi) is 2.09. The molecule has 4 nitrogen and oxygen atoms in total. The summed E-state index contributed by atoms with van der Waals surface area (Å²) in [7, 11) is 0. The molecule has 2 aromatic heterocycles. The molecule has 3 rings (SSSR count). The minimum atomic E-state index is 0.584. The second-order valence-corrected chi connectivity index (χ2v) is 4.58. The summed E-state index contributed by atoms with van der Waals surface area (Å²) in [6.45, 7) is 2.05. The molecule has 0 amide bonds. The van der Waals surface area contributed by atoms with Crippen molar-refractivity contribution in [3.8, 4) is 0 Å². The molecule has 0 bridgehead atoms. The van der Waals surface area contributed by atoms with Crippen molar-refractivity contribution in [2.24, 2.45) is 0 Å². The SMILES string of the molecule is Cc1nc2cc(N)cnc2n1C1CCCC1. The minimum Gasteiger partial charge on any atom is -0.397 e. The topological polar surface area (TPSA) is 56.7 Å². The first-order chi connectivity index (χ1) is 7.75.